The molecule has 10 heteroatoms. The molecule has 0 amide bonds. The highest BCUT2D eigenvalue weighted by Gasteiger charge is 2.74. The average Bonchev–Trinajstić information content (AvgIpc) is 3.04. The van der Waals surface area contributed by atoms with Crippen LogP contribution < -0.4 is 0 Å². The molecule has 0 N–H and O–H groups in total. The molecule has 0 saturated heterocycles. The molecule has 3 nitrogen and oxygen atoms in total. The molecule has 0 saturated carbocycles. The van der Waals surface area contributed by atoms with Crippen molar-refractivity contribution in [2.45, 2.75) is 30.9 Å². The second-order valence-electron chi connectivity index (χ2n) is 7.54. The molecule has 176 valence electrons. The number of nitrogens with zero attached hydrogens (tertiary/aromatic N) is 1. The first kappa shape index (κ1) is 24.5. The fourth-order valence-corrected chi connectivity index (χ4v) is 3.69. The van der Waals surface area contributed by atoms with Gasteiger partial charge < -0.3 is 4.74 Å². The van der Waals surface area contributed by atoms with E-state index < -0.39 is 41.2 Å². The minimum absolute atomic E-state index is 0.105. The molecule has 1 atom stereocenters. The molecule has 0 aliphatic heterocycles. The van der Waals surface area contributed by atoms with E-state index in [4.69, 9.17) is 4.74 Å². The van der Waals surface area contributed by atoms with Crippen molar-refractivity contribution in [3.05, 3.63) is 71.3 Å². The van der Waals surface area contributed by atoms with Crippen molar-refractivity contribution in [2.24, 2.45) is 4.99 Å². The molecule has 3 rings (SSSR count). The molecule has 1 unspecified atom stereocenters. The normalized spacial score (nSPS) is 16.3. The number of fused-ring (bicyclic) bond motifs is 3. The molecule has 0 aromatic heterocycles. The molecule has 0 heterocycles. The summed E-state index contributed by atoms with van der Waals surface area (Å²) in [6.07, 6.45) is -6.48. The van der Waals surface area contributed by atoms with Crippen molar-refractivity contribution in [1.29, 1.82) is 0 Å². The van der Waals surface area contributed by atoms with Crippen LogP contribution in [0.15, 0.2) is 59.6 Å². The first-order valence-electron chi connectivity index (χ1n) is 9.60. The zero-order valence-corrected chi connectivity index (χ0v) is 17.4. The highest BCUT2D eigenvalue weighted by Crippen LogP contribution is 2.49. The molecule has 1 aliphatic rings. The summed E-state index contributed by atoms with van der Waals surface area (Å²) in [5.41, 5.74) is 0.00600. The van der Waals surface area contributed by atoms with Gasteiger partial charge in [-0.25, -0.2) is 4.79 Å². The van der Waals surface area contributed by atoms with Gasteiger partial charge in [0, 0.05) is 24.1 Å². The van der Waals surface area contributed by atoms with E-state index in [2.05, 4.69) is 11.6 Å². The number of hydrogen-bond donors (Lipinski definition) is 0. The van der Waals surface area contributed by atoms with Gasteiger partial charge in [0.15, 0.2) is 0 Å². The van der Waals surface area contributed by atoms with Crippen molar-refractivity contribution < 1.29 is 40.3 Å². The monoisotopic (exact) mass is 473 g/mol. The number of aliphatic imine (C=N–C) groups is 1. The molecular weight excluding hydrogens is 455 g/mol. The lowest BCUT2D eigenvalue weighted by Gasteiger charge is -2.29. The minimum Gasteiger partial charge on any atom is -0.461 e. The van der Waals surface area contributed by atoms with Crippen LogP contribution in [-0.4, -0.2) is 43.4 Å². The summed E-state index contributed by atoms with van der Waals surface area (Å²) in [5, 5.41) is 0. The van der Waals surface area contributed by atoms with Gasteiger partial charge >= 0.3 is 24.0 Å². The van der Waals surface area contributed by atoms with E-state index >= 15 is 0 Å². The third kappa shape index (κ3) is 4.02. The summed E-state index contributed by atoms with van der Waals surface area (Å²) in [6, 6.07) is 10.1. The second kappa shape index (κ2) is 8.31. The Morgan fingerprint density at radius 2 is 1.61 bits per heavy atom. The molecule has 1 aliphatic carbocycles. The molecule has 0 fully saturated rings. The van der Waals surface area contributed by atoms with Crippen LogP contribution >= 0.6 is 0 Å². The van der Waals surface area contributed by atoms with Crippen molar-refractivity contribution in [3.8, 4) is 11.1 Å². The summed E-state index contributed by atoms with van der Waals surface area (Å²) in [4.78, 5) is 14.9. The van der Waals surface area contributed by atoms with E-state index in [9.17, 15) is 35.5 Å². The lowest BCUT2D eigenvalue weighted by atomic mass is 9.93. The predicted octanol–water partition coefficient (Wildman–Crippen LogP) is 6.17. The second-order valence-corrected chi connectivity index (χ2v) is 7.54. The molecule has 33 heavy (non-hydrogen) atoms. The van der Waals surface area contributed by atoms with Crippen molar-refractivity contribution in [1.82, 2.24) is 0 Å². The Bertz CT molecular complexity index is 1140. The van der Waals surface area contributed by atoms with Crippen LogP contribution in [0.5, 0.6) is 0 Å². The smallest absolute Gasteiger partial charge is 0.460 e. The van der Waals surface area contributed by atoms with Crippen LogP contribution in [0.25, 0.3) is 11.1 Å². The first-order valence-corrected chi connectivity index (χ1v) is 9.60. The van der Waals surface area contributed by atoms with Crippen molar-refractivity contribution in [2.75, 3.05) is 13.7 Å². The number of hydrogen-bond acceptors (Lipinski definition) is 3. The van der Waals surface area contributed by atoms with Gasteiger partial charge in [-0.2, -0.15) is 30.7 Å². The van der Waals surface area contributed by atoms with Gasteiger partial charge in [-0.1, -0.05) is 43.0 Å². The van der Waals surface area contributed by atoms with Gasteiger partial charge in [0.1, 0.15) is 12.3 Å². The highest BCUT2D eigenvalue weighted by atomic mass is 19.4. The first-order chi connectivity index (χ1) is 15.2. The summed E-state index contributed by atoms with van der Waals surface area (Å²) in [7, 11) is 0.719. The predicted molar refractivity (Wildman–Crippen MR) is 108 cm³/mol. The van der Waals surface area contributed by atoms with E-state index in [1.165, 1.54) is 13.0 Å². The number of ether oxygens (including phenoxy) is 1. The Balaban J connectivity index is 2.07. The molecule has 0 spiro atoms. The summed E-state index contributed by atoms with van der Waals surface area (Å²) in [5.74, 6) is -13.1. The largest absolute Gasteiger partial charge is 0.461 e. The van der Waals surface area contributed by atoms with E-state index in [0.29, 0.717) is 22.3 Å². The number of carbonyl (C=O) groups is 1. The van der Waals surface area contributed by atoms with Crippen LogP contribution in [-0.2, 0) is 9.53 Å². The number of esters is 1. The number of halogens is 7. The summed E-state index contributed by atoms with van der Waals surface area (Å²) < 4.78 is 99.3. The Kier molecular flexibility index (Phi) is 6.16. The quantitative estimate of drug-likeness (QED) is 0.218. The maximum atomic E-state index is 14.4. The lowest BCUT2D eigenvalue weighted by molar-refractivity contribution is -0.336. The standard InChI is InChI=1S/C23H18F7NO2/c1-12(2)20(32)33-11-18-15-7-5-4-6-14(15)17-10-13(8-9-16(17)18)19(31-3)21(24,25)22(26,27)23(28,29)30/h4-10,18H,1,11H2,2-3H3/b31-19-. The number of rotatable bonds is 6. The fourth-order valence-electron chi connectivity index (χ4n) is 3.69. The number of carbonyl (C=O) groups excluding carboxylic acids is 1. The van der Waals surface area contributed by atoms with Gasteiger partial charge in [0.2, 0.25) is 0 Å². The summed E-state index contributed by atoms with van der Waals surface area (Å²) >= 11 is 0. The third-order valence-electron chi connectivity index (χ3n) is 5.33. The Labute approximate surface area is 184 Å². The van der Waals surface area contributed by atoms with Gasteiger partial charge in [0.25, 0.3) is 0 Å². The molecule has 2 aromatic carbocycles. The minimum atomic E-state index is -6.48. The highest BCUT2D eigenvalue weighted by molar-refractivity contribution is 6.07. The summed E-state index contributed by atoms with van der Waals surface area (Å²) in [6.45, 7) is 4.85. The molecular formula is C23H18F7NO2. The van der Waals surface area contributed by atoms with Crippen LogP contribution in [0.3, 0.4) is 0 Å². The molecule has 0 bridgehead atoms. The zero-order chi connectivity index (χ0) is 24.8. The fraction of sp³-hybridized carbons (Fsp3) is 0.304. The van der Waals surface area contributed by atoms with Gasteiger partial charge in [-0.05, 0) is 35.2 Å². The molecule has 2 aromatic rings. The van der Waals surface area contributed by atoms with Crippen molar-refractivity contribution >= 4 is 11.7 Å². The van der Waals surface area contributed by atoms with E-state index in [-0.39, 0.29) is 12.2 Å². The lowest BCUT2D eigenvalue weighted by Crippen LogP contribution is -2.56. The van der Waals surface area contributed by atoms with Gasteiger partial charge in [-0.15, -0.1) is 0 Å². The van der Waals surface area contributed by atoms with Crippen molar-refractivity contribution in [3.63, 3.8) is 0 Å². The van der Waals surface area contributed by atoms with Crippen LogP contribution in [0.4, 0.5) is 30.7 Å². The molecule has 0 radical (unpaired) electrons. The van der Waals surface area contributed by atoms with Crippen LogP contribution in [0.1, 0.15) is 29.5 Å². The Hall–Kier alpha value is -3.17. The Morgan fingerprint density at radius 1 is 1.00 bits per heavy atom. The van der Waals surface area contributed by atoms with Gasteiger partial charge in [0.05, 0.1) is 0 Å². The average molecular weight is 473 g/mol. The van der Waals surface area contributed by atoms with Crippen LogP contribution in [0.2, 0.25) is 0 Å². The van der Waals surface area contributed by atoms with E-state index in [1.807, 2.05) is 0 Å². The van der Waals surface area contributed by atoms with Crippen LogP contribution in [0, 0.1) is 0 Å². The van der Waals surface area contributed by atoms with E-state index in [1.54, 1.807) is 24.3 Å². The maximum absolute atomic E-state index is 14.4. The van der Waals surface area contributed by atoms with Gasteiger partial charge in [-0.3, -0.25) is 4.99 Å². The van der Waals surface area contributed by atoms with E-state index in [0.717, 1.165) is 19.2 Å². The third-order valence-corrected chi connectivity index (χ3v) is 5.33. The topological polar surface area (TPSA) is 38.7 Å². The number of alkyl halides is 7. The SMILES string of the molecule is C=C(C)C(=O)OCC1c2ccccc2-c2cc(/C(=N/C)C(F)(F)C(F)(F)C(F)(F)F)ccc21. The zero-order valence-electron chi connectivity index (χ0n) is 17.4. The number of benzene rings is 2. The maximum Gasteiger partial charge on any atom is 0.460 e. The Morgan fingerprint density at radius 3 is 2.18 bits per heavy atom.